The van der Waals surface area contributed by atoms with E-state index in [1.54, 1.807) is 6.07 Å². The van der Waals surface area contributed by atoms with Gasteiger partial charge in [-0.1, -0.05) is 6.07 Å². The molecule has 0 radical (unpaired) electrons. The smallest absolute Gasteiger partial charge is 0.0651 e. The summed E-state index contributed by atoms with van der Waals surface area (Å²) in [6.07, 6.45) is 0. The van der Waals surface area contributed by atoms with Gasteiger partial charge >= 0.3 is 0 Å². The Kier molecular flexibility index (Phi) is 3.54. The highest BCUT2D eigenvalue weighted by atomic mass is 16.5. The average Bonchev–Trinajstić information content (AvgIpc) is 2.16. The summed E-state index contributed by atoms with van der Waals surface area (Å²) in [4.78, 5) is 0. The van der Waals surface area contributed by atoms with Gasteiger partial charge in [-0.3, -0.25) is 10.7 Å². The molecular formula is C9H14N2O2. The van der Waals surface area contributed by atoms with Gasteiger partial charge in [0.15, 0.2) is 0 Å². The van der Waals surface area contributed by atoms with Crippen molar-refractivity contribution >= 4 is 11.4 Å². The van der Waals surface area contributed by atoms with E-state index in [-0.39, 0.29) is 6.61 Å². The molecule has 0 saturated carbocycles. The molecule has 0 fully saturated rings. The molecule has 0 aromatic heterocycles. The molecule has 0 atom stereocenters. The average molecular weight is 182 g/mol. The molecule has 0 heterocycles. The molecule has 13 heavy (non-hydrogen) atoms. The van der Waals surface area contributed by atoms with E-state index in [0.29, 0.717) is 12.2 Å². The second kappa shape index (κ2) is 4.69. The number of aliphatic hydroxyl groups is 1. The molecule has 0 spiro atoms. The second-order valence-corrected chi connectivity index (χ2v) is 2.79. The summed E-state index contributed by atoms with van der Waals surface area (Å²) in [6, 6.07) is 5.56. The van der Waals surface area contributed by atoms with Crippen LogP contribution in [0.25, 0.3) is 0 Å². The molecule has 4 N–H and O–H groups in total. The lowest BCUT2D eigenvalue weighted by atomic mass is 10.2. The number of aryl methyl sites for hydroxylation is 1. The quantitative estimate of drug-likeness (QED) is 0.528. The SMILES string of the molecule is Cc1ccc(NCCO)cc1NO. The number of anilines is 2. The van der Waals surface area contributed by atoms with Gasteiger partial charge < -0.3 is 10.4 Å². The topological polar surface area (TPSA) is 64.5 Å². The first-order valence-electron chi connectivity index (χ1n) is 4.13. The molecule has 0 aliphatic rings. The highest BCUT2D eigenvalue weighted by molar-refractivity contribution is 5.59. The highest BCUT2D eigenvalue weighted by Crippen LogP contribution is 2.19. The molecule has 72 valence electrons. The molecule has 1 aromatic rings. The molecular weight excluding hydrogens is 168 g/mol. The summed E-state index contributed by atoms with van der Waals surface area (Å²) in [6.45, 7) is 2.50. The van der Waals surface area contributed by atoms with Crippen molar-refractivity contribution in [2.24, 2.45) is 0 Å². The Morgan fingerprint density at radius 1 is 1.38 bits per heavy atom. The molecule has 0 unspecified atom stereocenters. The third-order valence-corrected chi connectivity index (χ3v) is 1.80. The van der Waals surface area contributed by atoms with Crippen molar-refractivity contribution in [3.63, 3.8) is 0 Å². The Morgan fingerprint density at radius 3 is 2.77 bits per heavy atom. The van der Waals surface area contributed by atoms with Crippen LogP contribution in [-0.4, -0.2) is 23.5 Å². The standard InChI is InChI=1S/C9H14N2O2/c1-7-2-3-8(10-4-5-12)6-9(7)11-13/h2-3,6,10-13H,4-5H2,1H3. The molecule has 1 rings (SSSR count). The Balaban J connectivity index is 2.74. The summed E-state index contributed by atoms with van der Waals surface area (Å²) >= 11 is 0. The summed E-state index contributed by atoms with van der Waals surface area (Å²) in [5, 5.41) is 20.3. The van der Waals surface area contributed by atoms with E-state index in [1.165, 1.54) is 0 Å². The van der Waals surface area contributed by atoms with Gasteiger partial charge in [-0.25, -0.2) is 0 Å². The number of benzene rings is 1. The molecule has 0 saturated heterocycles. The monoisotopic (exact) mass is 182 g/mol. The molecule has 0 bridgehead atoms. The Labute approximate surface area is 77.2 Å². The van der Waals surface area contributed by atoms with Gasteiger partial charge in [-0.15, -0.1) is 0 Å². The van der Waals surface area contributed by atoms with Crippen molar-refractivity contribution in [1.82, 2.24) is 0 Å². The van der Waals surface area contributed by atoms with E-state index in [9.17, 15) is 0 Å². The van der Waals surface area contributed by atoms with E-state index in [4.69, 9.17) is 10.3 Å². The van der Waals surface area contributed by atoms with Crippen LogP contribution in [0.2, 0.25) is 0 Å². The van der Waals surface area contributed by atoms with Gasteiger partial charge in [0.1, 0.15) is 0 Å². The zero-order valence-electron chi connectivity index (χ0n) is 7.54. The third-order valence-electron chi connectivity index (χ3n) is 1.80. The molecule has 1 aromatic carbocycles. The first-order valence-corrected chi connectivity index (χ1v) is 4.13. The summed E-state index contributed by atoms with van der Waals surface area (Å²) < 4.78 is 0. The van der Waals surface area contributed by atoms with Gasteiger partial charge in [0.2, 0.25) is 0 Å². The lowest BCUT2D eigenvalue weighted by Gasteiger charge is -2.08. The van der Waals surface area contributed by atoms with Crippen LogP contribution in [0.3, 0.4) is 0 Å². The van der Waals surface area contributed by atoms with Gasteiger partial charge in [-0.05, 0) is 24.6 Å². The van der Waals surface area contributed by atoms with Crippen LogP contribution in [-0.2, 0) is 0 Å². The number of nitrogens with one attached hydrogen (secondary N) is 2. The Hall–Kier alpha value is -1.26. The number of aliphatic hydroxyl groups excluding tert-OH is 1. The van der Waals surface area contributed by atoms with Gasteiger partial charge in [-0.2, -0.15) is 0 Å². The predicted octanol–water partition coefficient (Wildman–Crippen LogP) is 1.20. The minimum absolute atomic E-state index is 0.0930. The van der Waals surface area contributed by atoms with Crippen molar-refractivity contribution in [3.8, 4) is 0 Å². The fraction of sp³-hybridized carbons (Fsp3) is 0.333. The van der Waals surface area contributed by atoms with E-state index >= 15 is 0 Å². The number of rotatable bonds is 4. The maximum absolute atomic E-state index is 8.74. The first kappa shape index (κ1) is 9.83. The largest absolute Gasteiger partial charge is 0.395 e. The maximum atomic E-state index is 8.74. The minimum Gasteiger partial charge on any atom is -0.395 e. The van der Waals surface area contributed by atoms with Crippen molar-refractivity contribution in [2.75, 3.05) is 23.9 Å². The summed E-state index contributed by atoms with van der Waals surface area (Å²) in [5.41, 5.74) is 4.62. The van der Waals surface area contributed by atoms with Crippen molar-refractivity contribution in [1.29, 1.82) is 0 Å². The molecule has 4 nitrogen and oxygen atoms in total. The van der Waals surface area contributed by atoms with Crippen LogP contribution in [0.1, 0.15) is 5.56 Å². The van der Waals surface area contributed by atoms with Gasteiger partial charge in [0, 0.05) is 12.2 Å². The van der Waals surface area contributed by atoms with Crippen LogP contribution < -0.4 is 10.8 Å². The zero-order valence-corrected chi connectivity index (χ0v) is 7.54. The van der Waals surface area contributed by atoms with Crippen LogP contribution in [0.4, 0.5) is 11.4 Å². The third kappa shape index (κ3) is 2.61. The summed E-state index contributed by atoms with van der Waals surface area (Å²) in [5.74, 6) is 0. The van der Waals surface area contributed by atoms with Gasteiger partial charge in [0.25, 0.3) is 0 Å². The maximum Gasteiger partial charge on any atom is 0.0651 e. The molecule has 4 heteroatoms. The number of hydrogen-bond acceptors (Lipinski definition) is 4. The first-order chi connectivity index (χ1) is 6.27. The van der Waals surface area contributed by atoms with Crippen molar-refractivity contribution < 1.29 is 10.3 Å². The molecule has 0 aliphatic heterocycles. The summed E-state index contributed by atoms with van der Waals surface area (Å²) in [7, 11) is 0. The van der Waals surface area contributed by atoms with E-state index in [2.05, 4.69) is 10.8 Å². The van der Waals surface area contributed by atoms with E-state index in [1.807, 2.05) is 19.1 Å². The van der Waals surface area contributed by atoms with E-state index in [0.717, 1.165) is 11.3 Å². The van der Waals surface area contributed by atoms with Crippen molar-refractivity contribution in [2.45, 2.75) is 6.92 Å². The highest BCUT2D eigenvalue weighted by Gasteiger charge is 1.97. The zero-order chi connectivity index (χ0) is 9.68. The Morgan fingerprint density at radius 2 is 2.15 bits per heavy atom. The fourth-order valence-electron chi connectivity index (χ4n) is 1.05. The van der Waals surface area contributed by atoms with Crippen LogP contribution in [0.15, 0.2) is 18.2 Å². The van der Waals surface area contributed by atoms with Gasteiger partial charge in [0.05, 0.1) is 12.3 Å². The number of hydrogen-bond donors (Lipinski definition) is 4. The van der Waals surface area contributed by atoms with E-state index < -0.39 is 0 Å². The molecule has 0 amide bonds. The molecule has 0 aliphatic carbocycles. The second-order valence-electron chi connectivity index (χ2n) is 2.79. The fourth-order valence-corrected chi connectivity index (χ4v) is 1.05. The minimum atomic E-state index is 0.0930. The lowest BCUT2D eigenvalue weighted by molar-refractivity contribution is 0.311. The Bertz CT molecular complexity index is 276. The predicted molar refractivity (Wildman–Crippen MR) is 52.2 cm³/mol. The van der Waals surface area contributed by atoms with Crippen molar-refractivity contribution in [3.05, 3.63) is 23.8 Å². The van der Waals surface area contributed by atoms with Crippen LogP contribution in [0.5, 0.6) is 0 Å². The van der Waals surface area contributed by atoms with Crippen LogP contribution in [0, 0.1) is 6.92 Å². The normalized spacial score (nSPS) is 9.77. The van der Waals surface area contributed by atoms with Crippen LogP contribution >= 0.6 is 0 Å². The lowest BCUT2D eigenvalue weighted by Crippen LogP contribution is -2.05.